The van der Waals surface area contributed by atoms with Gasteiger partial charge in [0.2, 0.25) is 0 Å². The minimum absolute atomic E-state index is 0.0401. The maximum Gasteiger partial charge on any atom is 0.326 e. The van der Waals surface area contributed by atoms with Crippen LogP contribution in [-0.4, -0.2) is 28.8 Å². The van der Waals surface area contributed by atoms with E-state index in [9.17, 15) is 14.4 Å². The number of ether oxygens (including phenoxy) is 1. The third-order valence-corrected chi connectivity index (χ3v) is 6.03. The van der Waals surface area contributed by atoms with Crippen molar-refractivity contribution < 1.29 is 19.1 Å². The first kappa shape index (κ1) is 20.7. The standard InChI is InChI=1S/C24H20N2O4S/c1-3-30-21(28)14-26-20-13-12-17-6-4-5-7-19(17)22(20)31-24(26)25-23(29)18-10-8-16(9-11-18)15(2)27/h4-13H,3,14H2,1-2H3. The number of nitrogens with zero attached hydrogens (tertiary/aromatic N) is 2. The highest BCUT2D eigenvalue weighted by Gasteiger charge is 2.15. The molecule has 1 aromatic heterocycles. The second-order valence-electron chi connectivity index (χ2n) is 6.96. The van der Waals surface area contributed by atoms with Crippen LogP contribution in [0.4, 0.5) is 0 Å². The number of aromatic nitrogens is 1. The van der Waals surface area contributed by atoms with E-state index in [0.717, 1.165) is 21.0 Å². The van der Waals surface area contributed by atoms with E-state index >= 15 is 0 Å². The van der Waals surface area contributed by atoms with Crippen molar-refractivity contribution in [2.75, 3.05) is 6.61 Å². The highest BCUT2D eigenvalue weighted by Crippen LogP contribution is 2.27. The van der Waals surface area contributed by atoms with Crippen LogP contribution in [0, 0.1) is 0 Å². The maximum atomic E-state index is 12.8. The molecule has 6 nitrogen and oxygen atoms in total. The van der Waals surface area contributed by atoms with Gasteiger partial charge in [-0.15, -0.1) is 0 Å². The van der Waals surface area contributed by atoms with Crippen molar-refractivity contribution in [1.29, 1.82) is 0 Å². The summed E-state index contributed by atoms with van der Waals surface area (Å²) < 4.78 is 7.78. The van der Waals surface area contributed by atoms with E-state index in [1.807, 2.05) is 36.4 Å². The minimum atomic E-state index is -0.441. The van der Waals surface area contributed by atoms with Crippen LogP contribution in [-0.2, 0) is 16.1 Å². The number of Topliss-reactive ketones (excluding diaryl/α,β-unsaturated/α-hetero) is 1. The number of esters is 1. The number of fused-ring (bicyclic) bond motifs is 3. The molecule has 4 rings (SSSR count). The lowest BCUT2D eigenvalue weighted by Crippen LogP contribution is -2.23. The van der Waals surface area contributed by atoms with Crippen molar-refractivity contribution in [2.24, 2.45) is 4.99 Å². The number of hydrogen-bond donors (Lipinski definition) is 0. The summed E-state index contributed by atoms with van der Waals surface area (Å²) in [5, 5.41) is 2.10. The third kappa shape index (κ3) is 4.18. The van der Waals surface area contributed by atoms with Gasteiger partial charge in [0.15, 0.2) is 10.6 Å². The predicted molar refractivity (Wildman–Crippen MR) is 120 cm³/mol. The molecule has 0 atom stereocenters. The Morgan fingerprint density at radius 3 is 2.39 bits per heavy atom. The number of ketones is 1. The van der Waals surface area contributed by atoms with Crippen LogP contribution >= 0.6 is 11.3 Å². The smallest absolute Gasteiger partial charge is 0.326 e. The Morgan fingerprint density at radius 1 is 0.968 bits per heavy atom. The van der Waals surface area contributed by atoms with Crippen molar-refractivity contribution in [3.05, 3.63) is 76.6 Å². The highest BCUT2D eigenvalue weighted by atomic mass is 32.1. The first-order valence-electron chi connectivity index (χ1n) is 9.84. The second-order valence-corrected chi connectivity index (χ2v) is 7.94. The fraction of sp³-hybridized carbons (Fsp3) is 0.167. The first-order valence-corrected chi connectivity index (χ1v) is 10.7. The maximum absolute atomic E-state index is 12.8. The summed E-state index contributed by atoms with van der Waals surface area (Å²) in [4.78, 5) is 41.3. The van der Waals surface area contributed by atoms with Crippen molar-refractivity contribution in [1.82, 2.24) is 4.57 Å². The number of carbonyl (C=O) groups excluding carboxylic acids is 3. The van der Waals surface area contributed by atoms with Crippen molar-refractivity contribution in [3.8, 4) is 0 Å². The molecule has 0 saturated heterocycles. The topological polar surface area (TPSA) is 77.7 Å². The lowest BCUT2D eigenvalue weighted by molar-refractivity contribution is -0.143. The van der Waals surface area contributed by atoms with E-state index < -0.39 is 11.9 Å². The third-order valence-electron chi connectivity index (χ3n) is 4.90. The van der Waals surface area contributed by atoms with Crippen LogP contribution in [0.15, 0.2) is 65.7 Å². The van der Waals surface area contributed by atoms with E-state index in [-0.39, 0.29) is 18.9 Å². The van der Waals surface area contributed by atoms with E-state index in [4.69, 9.17) is 4.74 Å². The van der Waals surface area contributed by atoms with Gasteiger partial charge in [-0.1, -0.05) is 53.8 Å². The average Bonchev–Trinajstić information content (AvgIpc) is 3.11. The molecule has 0 N–H and O–H groups in total. The zero-order valence-electron chi connectivity index (χ0n) is 17.1. The summed E-state index contributed by atoms with van der Waals surface area (Å²) in [5.74, 6) is -0.904. The van der Waals surface area contributed by atoms with E-state index in [1.165, 1.54) is 18.3 Å². The molecular formula is C24H20N2O4S. The number of carbonyl (C=O) groups is 3. The van der Waals surface area contributed by atoms with Crippen molar-refractivity contribution >= 4 is 50.0 Å². The number of amides is 1. The SMILES string of the molecule is CCOC(=O)Cn1c(=NC(=O)c2ccc(C(C)=O)cc2)sc2c3ccccc3ccc21. The first-order chi connectivity index (χ1) is 15.0. The summed E-state index contributed by atoms with van der Waals surface area (Å²) in [7, 11) is 0. The Balaban J connectivity index is 1.86. The van der Waals surface area contributed by atoms with Gasteiger partial charge in [0, 0.05) is 16.5 Å². The van der Waals surface area contributed by atoms with E-state index in [0.29, 0.717) is 15.9 Å². The Bertz CT molecular complexity index is 1380. The van der Waals surface area contributed by atoms with Crippen LogP contribution < -0.4 is 4.80 Å². The molecule has 0 radical (unpaired) electrons. The fourth-order valence-electron chi connectivity index (χ4n) is 3.37. The summed E-state index contributed by atoms with van der Waals surface area (Å²) in [6, 6.07) is 18.2. The molecule has 0 aliphatic heterocycles. The molecule has 3 aromatic carbocycles. The van der Waals surface area contributed by atoms with Gasteiger partial charge in [-0.2, -0.15) is 4.99 Å². The Kier molecular flexibility index (Phi) is 5.77. The Morgan fingerprint density at radius 2 is 1.68 bits per heavy atom. The van der Waals surface area contributed by atoms with Gasteiger partial charge < -0.3 is 9.30 Å². The molecule has 156 valence electrons. The van der Waals surface area contributed by atoms with Crippen molar-refractivity contribution in [2.45, 2.75) is 20.4 Å². The van der Waals surface area contributed by atoms with Gasteiger partial charge in [-0.3, -0.25) is 14.4 Å². The highest BCUT2D eigenvalue weighted by molar-refractivity contribution is 7.17. The number of benzene rings is 3. The summed E-state index contributed by atoms with van der Waals surface area (Å²) in [6.45, 7) is 3.46. The number of hydrogen-bond acceptors (Lipinski definition) is 5. The molecule has 4 aromatic rings. The van der Waals surface area contributed by atoms with Crippen molar-refractivity contribution in [3.63, 3.8) is 0 Å². The molecule has 1 heterocycles. The number of rotatable bonds is 5. The molecule has 1 amide bonds. The average molecular weight is 433 g/mol. The largest absolute Gasteiger partial charge is 0.465 e. The zero-order chi connectivity index (χ0) is 22.0. The quantitative estimate of drug-likeness (QED) is 0.347. The van der Waals surface area contributed by atoms with Crippen LogP contribution in [0.1, 0.15) is 34.6 Å². The molecule has 31 heavy (non-hydrogen) atoms. The summed E-state index contributed by atoms with van der Waals surface area (Å²) in [6.07, 6.45) is 0. The summed E-state index contributed by atoms with van der Waals surface area (Å²) >= 11 is 1.36. The van der Waals surface area contributed by atoms with Gasteiger partial charge in [0.1, 0.15) is 6.54 Å². The lowest BCUT2D eigenvalue weighted by Gasteiger charge is -2.06. The molecule has 0 unspecified atom stereocenters. The van der Waals surface area contributed by atoms with Gasteiger partial charge in [0.05, 0.1) is 16.8 Å². The number of thiazole rings is 1. The Hall–Kier alpha value is -3.58. The Labute approximate surface area is 182 Å². The van der Waals surface area contributed by atoms with E-state index in [2.05, 4.69) is 4.99 Å². The zero-order valence-corrected chi connectivity index (χ0v) is 17.9. The van der Waals surface area contributed by atoms with Crippen LogP contribution in [0.3, 0.4) is 0 Å². The normalized spacial score (nSPS) is 11.7. The molecule has 0 aliphatic carbocycles. The molecule has 0 bridgehead atoms. The van der Waals surface area contributed by atoms with Crippen LogP contribution in [0.5, 0.6) is 0 Å². The monoisotopic (exact) mass is 432 g/mol. The van der Waals surface area contributed by atoms with Gasteiger partial charge in [-0.25, -0.2) is 0 Å². The second kappa shape index (κ2) is 8.65. The molecule has 0 aliphatic rings. The molecule has 0 saturated carbocycles. The van der Waals surface area contributed by atoms with E-state index in [1.54, 1.807) is 35.8 Å². The predicted octanol–water partition coefficient (Wildman–Crippen LogP) is 4.36. The van der Waals surface area contributed by atoms with Crippen LogP contribution in [0.25, 0.3) is 21.0 Å². The van der Waals surface area contributed by atoms with Gasteiger partial charge in [-0.05, 0) is 37.4 Å². The molecule has 0 fully saturated rings. The molecule has 0 spiro atoms. The van der Waals surface area contributed by atoms with Crippen LogP contribution in [0.2, 0.25) is 0 Å². The van der Waals surface area contributed by atoms with Gasteiger partial charge >= 0.3 is 5.97 Å². The molecular weight excluding hydrogens is 412 g/mol. The molecule has 7 heteroatoms. The minimum Gasteiger partial charge on any atom is -0.465 e. The summed E-state index contributed by atoms with van der Waals surface area (Å²) in [5.41, 5.74) is 1.72. The van der Waals surface area contributed by atoms with Gasteiger partial charge in [0.25, 0.3) is 5.91 Å². The fourth-order valence-corrected chi connectivity index (χ4v) is 4.53. The lowest BCUT2D eigenvalue weighted by atomic mass is 10.1.